The second-order valence-corrected chi connectivity index (χ2v) is 8.72. The highest BCUT2D eigenvalue weighted by atomic mass is 35.5. The number of nitrogens with one attached hydrogen (secondary N) is 1. The zero-order chi connectivity index (χ0) is 23.0. The highest BCUT2D eigenvalue weighted by molar-refractivity contribution is 7.52. The van der Waals surface area contributed by atoms with Crippen LogP contribution >= 0.6 is 19.3 Å². The molecule has 1 N–H and O–H groups in total. The third-order valence-electron chi connectivity index (χ3n) is 4.18. The lowest BCUT2D eigenvalue weighted by atomic mass is 10.2. The largest absolute Gasteiger partial charge is 0.513 e. The van der Waals surface area contributed by atoms with Gasteiger partial charge in [0.25, 0.3) is 0 Å². The Kier molecular flexibility index (Phi) is 7.91. The number of esters is 1. The van der Waals surface area contributed by atoms with Crippen molar-refractivity contribution in [1.29, 1.82) is 5.26 Å². The molecule has 3 rings (SSSR count). The van der Waals surface area contributed by atoms with Gasteiger partial charge in [-0.25, -0.2) is 4.57 Å². The average molecular weight is 471 g/mol. The molecule has 2 atom stereocenters. The number of benzene rings is 3. The fraction of sp³-hybridized carbons (Fsp3) is 0.130. The van der Waals surface area contributed by atoms with E-state index in [1.807, 2.05) is 36.4 Å². The first-order valence-corrected chi connectivity index (χ1v) is 11.5. The third kappa shape index (κ3) is 6.60. The minimum absolute atomic E-state index is 0.0299. The number of rotatable bonds is 9. The molecule has 0 aliphatic heterocycles. The number of nitrogens with zero attached hydrogens (tertiary/aromatic N) is 1. The molecule has 0 spiro atoms. The van der Waals surface area contributed by atoms with Gasteiger partial charge < -0.3 is 13.8 Å². The number of halogens is 1. The number of hydrogen-bond donors (Lipinski definition) is 1. The van der Waals surface area contributed by atoms with E-state index in [0.29, 0.717) is 5.56 Å². The third-order valence-corrected chi connectivity index (χ3v) is 6.06. The number of ether oxygens (including phenoxy) is 1. The summed E-state index contributed by atoms with van der Waals surface area (Å²) in [6.45, 7) is 1.55. The van der Waals surface area contributed by atoms with Gasteiger partial charge >= 0.3 is 13.7 Å². The van der Waals surface area contributed by atoms with Crippen molar-refractivity contribution in [3.05, 3.63) is 95.0 Å². The molecule has 0 saturated heterocycles. The number of hydrogen-bond acceptors (Lipinski definition) is 6. The van der Waals surface area contributed by atoms with E-state index in [2.05, 4.69) is 5.09 Å². The number of para-hydroxylation sites is 1. The molecule has 0 radical (unpaired) electrons. The lowest BCUT2D eigenvalue weighted by Gasteiger charge is -2.23. The summed E-state index contributed by atoms with van der Waals surface area (Å²) in [5.41, 5.74) is 1.13. The lowest BCUT2D eigenvalue weighted by molar-refractivity contribution is -0.146. The van der Waals surface area contributed by atoms with Gasteiger partial charge in [-0.05, 0) is 42.8 Å². The molecule has 32 heavy (non-hydrogen) atoms. The molecule has 0 amide bonds. The molecule has 9 heteroatoms. The molecule has 3 aromatic carbocycles. The summed E-state index contributed by atoms with van der Waals surface area (Å²) in [5.74, 6) is -0.347. The maximum absolute atomic E-state index is 13.6. The van der Waals surface area contributed by atoms with Crippen molar-refractivity contribution >= 4 is 25.3 Å². The lowest BCUT2D eigenvalue weighted by Crippen LogP contribution is -2.35. The van der Waals surface area contributed by atoms with Crippen molar-refractivity contribution in [3.8, 4) is 17.6 Å². The van der Waals surface area contributed by atoms with Crippen LogP contribution in [0.3, 0.4) is 0 Å². The smallest absolute Gasteiger partial charge is 0.460 e. The van der Waals surface area contributed by atoms with Gasteiger partial charge in [0, 0.05) is 0 Å². The summed E-state index contributed by atoms with van der Waals surface area (Å²) < 4.78 is 30.0. The Morgan fingerprint density at radius 1 is 1.06 bits per heavy atom. The molecule has 0 saturated carbocycles. The minimum atomic E-state index is -4.14. The molecule has 0 heterocycles. The number of carbonyl (C=O) groups is 1. The summed E-state index contributed by atoms with van der Waals surface area (Å²) in [7, 11) is -4.14. The van der Waals surface area contributed by atoms with Crippen LogP contribution in [-0.2, 0) is 20.7 Å². The Morgan fingerprint density at radius 3 is 2.34 bits per heavy atom. The second-order valence-electron chi connectivity index (χ2n) is 6.69. The summed E-state index contributed by atoms with van der Waals surface area (Å²) in [5, 5.41) is 11.7. The summed E-state index contributed by atoms with van der Waals surface area (Å²) >= 11 is 6.16. The van der Waals surface area contributed by atoms with Crippen LogP contribution in [0.2, 0.25) is 5.02 Å². The van der Waals surface area contributed by atoms with Crippen LogP contribution in [0.15, 0.2) is 78.9 Å². The molecule has 0 aromatic heterocycles. The second kappa shape index (κ2) is 10.8. The summed E-state index contributed by atoms with van der Waals surface area (Å²) in [6.07, 6.45) is 0. The van der Waals surface area contributed by atoms with E-state index >= 15 is 0 Å². The average Bonchev–Trinajstić information content (AvgIpc) is 2.80. The van der Waals surface area contributed by atoms with Gasteiger partial charge in [-0.1, -0.05) is 60.1 Å². The SMILES string of the molecule is C[C@H](NP(=O)(Oc1ccccc1)Oc1ccc(C#N)cc1Cl)C(=O)OCc1ccccc1. The first kappa shape index (κ1) is 23.4. The molecule has 0 fully saturated rings. The molecule has 1 unspecified atom stereocenters. The monoisotopic (exact) mass is 470 g/mol. The van der Waals surface area contributed by atoms with Gasteiger partial charge in [0.15, 0.2) is 0 Å². The maximum Gasteiger partial charge on any atom is 0.513 e. The van der Waals surface area contributed by atoms with Crippen LogP contribution in [0.1, 0.15) is 18.1 Å². The molecule has 0 aliphatic carbocycles. The first-order chi connectivity index (χ1) is 15.4. The molecule has 3 aromatic rings. The van der Waals surface area contributed by atoms with Crippen molar-refractivity contribution in [2.45, 2.75) is 19.6 Å². The van der Waals surface area contributed by atoms with E-state index in [1.54, 1.807) is 30.3 Å². The first-order valence-electron chi connectivity index (χ1n) is 9.61. The van der Waals surface area contributed by atoms with Crippen molar-refractivity contribution < 1.29 is 23.1 Å². The standard InChI is InChI=1S/C23H20ClN2O5P/c1-17(23(27)29-16-18-8-4-2-5-9-18)26-32(28,30-20-10-6-3-7-11-20)31-22-13-12-19(15-25)14-21(22)24/h2-14,17H,16H2,1H3,(H,26,28)/t17-,32?/m0/s1. The summed E-state index contributed by atoms with van der Waals surface area (Å²) in [4.78, 5) is 12.5. The van der Waals surface area contributed by atoms with E-state index in [0.717, 1.165) is 5.56 Å². The van der Waals surface area contributed by atoms with Gasteiger partial charge in [-0.3, -0.25) is 4.79 Å². The normalized spacial score (nSPS) is 13.3. The van der Waals surface area contributed by atoms with Gasteiger partial charge in [0.2, 0.25) is 0 Å². The maximum atomic E-state index is 13.6. The predicted molar refractivity (Wildman–Crippen MR) is 120 cm³/mol. The number of carbonyl (C=O) groups excluding carboxylic acids is 1. The Bertz CT molecular complexity index is 1150. The molecule has 0 bridgehead atoms. The van der Waals surface area contributed by atoms with Crippen LogP contribution in [0.5, 0.6) is 11.5 Å². The van der Waals surface area contributed by atoms with Crippen LogP contribution in [0.4, 0.5) is 0 Å². The Labute approximate surface area is 191 Å². The van der Waals surface area contributed by atoms with E-state index < -0.39 is 19.8 Å². The molecular formula is C23H20ClN2O5P. The van der Waals surface area contributed by atoms with Gasteiger partial charge in [0.1, 0.15) is 24.1 Å². The fourth-order valence-electron chi connectivity index (χ4n) is 2.61. The quantitative estimate of drug-likeness (QED) is 0.325. The van der Waals surface area contributed by atoms with Gasteiger partial charge in [-0.15, -0.1) is 0 Å². The molecular weight excluding hydrogens is 451 g/mol. The van der Waals surface area contributed by atoms with E-state index in [1.165, 1.54) is 25.1 Å². The Hall–Kier alpha value is -3.30. The fourth-order valence-corrected chi connectivity index (χ4v) is 4.42. The van der Waals surface area contributed by atoms with Gasteiger partial charge in [0.05, 0.1) is 16.7 Å². The zero-order valence-corrected chi connectivity index (χ0v) is 18.8. The van der Waals surface area contributed by atoms with Crippen LogP contribution in [-0.4, -0.2) is 12.0 Å². The minimum Gasteiger partial charge on any atom is -0.460 e. The van der Waals surface area contributed by atoms with Crippen LogP contribution < -0.4 is 14.1 Å². The van der Waals surface area contributed by atoms with E-state index in [4.69, 9.17) is 30.6 Å². The molecule has 0 aliphatic rings. The van der Waals surface area contributed by atoms with Crippen molar-refractivity contribution in [3.63, 3.8) is 0 Å². The Morgan fingerprint density at radius 2 is 1.72 bits per heavy atom. The van der Waals surface area contributed by atoms with Crippen LogP contribution in [0, 0.1) is 11.3 Å². The van der Waals surface area contributed by atoms with E-state index in [9.17, 15) is 9.36 Å². The molecule has 7 nitrogen and oxygen atoms in total. The van der Waals surface area contributed by atoms with Gasteiger partial charge in [-0.2, -0.15) is 10.3 Å². The summed E-state index contributed by atoms with van der Waals surface area (Å²) in [6, 6.07) is 22.7. The highest BCUT2D eigenvalue weighted by Gasteiger charge is 2.34. The zero-order valence-electron chi connectivity index (χ0n) is 17.1. The van der Waals surface area contributed by atoms with Crippen LogP contribution in [0.25, 0.3) is 0 Å². The Balaban J connectivity index is 1.76. The van der Waals surface area contributed by atoms with Crippen molar-refractivity contribution in [2.75, 3.05) is 0 Å². The topological polar surface area (TPSA) is 97.6 Å². The van der Waals surface area contributed by atoms with Crippen molar-refractivity contribution in [2.24, 2.45) is 0 Å². The molecule has 164 valence electrons. The number of nitriles is 1. The highest BCUT2D eigenvalue weighted by Crippen LogP contribution is 2.47. The van der Waals surface area contributed by atoms with E-state index in [-0.39, 0.29) is 23.1 Å². The van der Waals surface area contributed by atoms with Crippen molar-refractivity contribution in [1.82, 2.24) is 5.09 Å². The predicted octanol–water partition coefficient (Wildman–Crippen LogP) is 5.50.